The number of carbonyl (C=O) groups excluding carboxylic acids is 2. The molecule has 2 aromatic rings. The van der Waals surface area contributed by atoms with Crippen molar-refractivity contribution in [1.82, 2.24) is 20.7 Å². The highest BCUT2D eigenvalue weighted by molar-refractivity contribution is 7.92. The number of hydrazine groups is 1. The minimum Gasteiger partial charge on any atom is -0.382 e. The highest BCUT2D eigenvalue weighted by atomic mass is 32.2. The zero-order chi connectivity index (χ0) is 22.2. The van der Waals surface area contributed by atoms with Gasteiger partial charge in [-0.15, -0.1) is 0 Å². The smallest absolute Gasteiger partial charge is 0.287 e. The summed E-state index contributed by atoms with van der Waals surface area (Å²) in [5, 5.41) is 1.75. The molecule has 6 N–H and O–H groups in total. The van der Waals surface area contributed by atoms with Crippen molar-refractivity contribution >= 4 is 45.2 Å². The largest absolute Gasteiger partial charge is 0.382 e. The third-order valence-corrected chi connectivity index (χ3v) is 5.80. The summed E-state index contributed by atoms with van der Waals surface area (Å²) in [6, 6.07) is 6.18. The summed E-state index contributed by atoms with van der Waals surface area (Å²) < 4.78 is 24.2. The van der Waals surface area contributed by atoms with Gasteiger partial charge in [-0.2, -0.15) is 0 Å². The Bertz CT molecular complexity index is 991. The quantitative estimate of drug-likeness (QED) is 0.226. The van der Waals surface area contributed by atoms with E-state index in [1.54, 1.807) is 26.0 Å². The summed E-state index contributed by atoms with van der Waals surface area (Å²) in [6.45, 7) is 4.64. The fourth-order valence-corrected chi connectivity index (χ4v) is 3.17. The molecule has 0 saturated heterocycles. The number of rotatable bonds is 5. The number of nitrogens with zero attached hydrogens (tertiary/aromatic N) is 2. The van der Waals surface area contributed by atoms with Gasteiger partial charge in [0.25, 0.3) is 5.91 Å². The summed E-state index contributed by atoms with van der Waals surface area (Å²) in [5.41, 5.74) is 9.60. The van der Waals surface area contributed by atoms with Crippen molar-refractivity contribution < 1.29 is 18.0 Å². The molecular formula is C17H22N6O4S2. The van der Waals surface area contributed by atoms with Crippen molar-refractivity contribution in [2.24, 2.45) is 5.84 Å². The summed E-state index contributed by atoms with van der Waals surface area (Å²) >= 11 is 4.27. The third-order valence-electron chi connectivity index (χ3n) is 3.51. The molecule has 0 bridgehead atoms. The Balaban J connectivity index is 0.000000612. The van der Waals surface area contributed by atoms with Crippen LogP contribution in [-0.4, -0.2) is 40.9 Å². The van der Waals surface area contributed by atoms with Crippen LogP contribution in [0, 0.1) is 0 Å². The standard InChI is InChI=1S/C14H17N5O3S.C3H5NOS/c1-8(2)23(21,22)10-5-3-9(4-6-10)11-7-17-13(15)12(18-11)14(20)19-16;1-3(5)4-2-6/h3-8H,16H2,1-2H3,(H2,15,17)(H,19,20);2H,1H3,(H,4,5,6). The number of hydrogen-bond acceptors (Lipinski definition) is 9. The Morgan fingerprint density at radius 2 is 1.79 bits per heavy atom. The van der Waals surface area contributed by atoms with Crippen molar-refractivity contribution in [2.45, 2.75) is 30.9 Å². The van der Waals surface area contributed by atoms with E-state index in [4.69, 9.17) is 11.6 Å². The van der Waals surface area contributed by atoms with Crippen molar-refractivity contribution in [2.75, 3.05) is 5.73 Å². The van der Waals surface area contributed by atoms with Crippen LogP contribution in [0.4, 0.5) is 5.82 Å². The average molecular weight is 439 g/mol. The number of amides is 2. The summed E-state index contributed by atoms with van der Waals surface area (Å²) in [4.78, 5) is 29.7. The molecule has 0 radical (unpaired) electrons. The maximum absolute atomic E-state index is 12.1. The molecule has 0 spiro atoms. The molecule has 0 aliphatic rings. The third kappa shape index (κ3) is 6.55. The van der Waals surface area contributed by atoms with E-state index >= 15 is 0 Å². The van der Waals surface area contributed by atoms with E-state index in [9.17, 15) is 18.0 Å². The Kier molecular flexibility index (Phi) is 8.76. The first-order valence-corrected chi connectivity index (χ1v) is 10.2. The molecule has 156 valence electrons. The van der Waals surface area contributed by atoms with Crippen LogP contribution in [0.15, 0.2) is 35.4 Å². The van der Waals surface area contributed by atoms with Crippen molar-refractivity contribution in [3.05, 3.63) is 36.2 Å². The van der Waals surface area contributed by atoms with E-state index in [2.05, 4.69) is 27.5 Å². The second kappa shape index (κ2) is 10.5. The van der Waals surface area contributed by atoms with Crippen molar-refractivity contribution in [3.8, 4) is 11.3 Å². The Morgan fingerprint density at radius 3 is 2.21 bits per heavy atom. The van der Waals surface area contributed by atoms with Crippen LogP contribution in [0.3, 0.4) is 0 Å². The van der Waals surface area contributed by atoms with Gasteiger partial charge in [0, 0.05) is 12.5 Å². The van der Waals surface area contributed by atoms with Crippen molar-refractivity contribution in [3.63, 3.8) is 0 Å². The van der Waals surface area contributed by atoms with Gasteiger partial charge in [-0.3, -0.25) is 15.0 Å². The maximum Gasteiger partial charge on any atom is 0.287 e. The van der Waals surface area contributed by atoms with Crippen LogP contribution < -0.4 is 22.3 Å². The van der Waals surface area contributed by atoms with E-state index < -0.39 is 21.0 Å². The van der Waals surface area contributed by atoms with E-state index in [1.165, 1.54) is 30.7 Å². The molecule has 0 aliphatic carbocycles. The first-order valence-electron chi connectivity index (χ1n) is 8.23. The Morgan fingerprint density at radius 1 is 1.21 bits per heavy atom. The molecule has 2 amide bonds. The number of hydrogen-bond donors (Lipinski definition) is 4. The van der Waals surface area contributed by atoms with Crippen molar-refractivity contribution in [1.29, 1.82) is 0 Å². The second-order valence-electron chi connectivity index (χ2n) is 5.90. The van der Waals surface area contributed by atoms with Crippen LogP contribution in [0.2, 0.25) is 0 Å². The topological polar surface area (TPSA) is 170 Å². The molecule has 10 nitrogen and oxygen atoms in total. The number of carbonyl (C=O) groups is 2. The van der Waals surface area contributed by atoms with E-state index in [-0.39, 0.29) is 22.3 Å². The zero-order valence-electron chi connectivity index (χ0n) is 16.0. The molecule has 0 fully saturated rings. The number of thiocarbonyl (C=S) groups is 1. The maximum atomic E-state index is 12.1. The monoisotopic (exact) mass is 438 g/mol. The van der Waals surface area contributed by atoms with Gasteiger partial charge in [-0.05, 0) is 26.0 Å². The lowest BCUT2D eigenvalue weighted by molar-refractivity contribution is -0.117. The number of nitrogen functional groups attached to an aromatic ring is 2. The number of sulfone groups is 1. The SMILES string of the molecule is CC(=O)NC=S.CC(C)S(=O)(=O)c1ccc(-c2cnc(N)c(C(=O)NN)n2)cc1. The Labute approximate surface area is 174 Å². The second-order valence-corrected chi connectivity index (χ2v) is 8.64. The van der Waals surface area contributed by atoms with E-state index in [1.807, 2.05) is 5.43 Å². The number of aromatic nitrogens is 2. The van der Waals surface area contributed by atoms with Gasteiger partial charge in [0.05, 0.1) is 27.5 Å². The van der Waals surface area contributed by atoms with Gasteiger partial charge in [0.15, 0.2) is 21.3 Å². The van der Waals surface area contributed by atoms with E-state index in [0.29, 0.717) is 11.3 Å². The molecular weight excluding hydrogens is 416 g/mol. The molecule has 0 unspecified atom stereocenters. The molecule has 29 heavy (non-hydrogen) atoms. The van der Waals surface area contributed by atoms with Gasteiger partial charge in [-0.25, -0.2) is 24.2 Å². The Hall–Kier alpha value is -2.96. The lowest BCUT2D eigenvalue weighted by Crippen LogP contribution is -2.31. The molecule has 2 rings (SSSR count). The number of benzene rings is 1. The zero-order valence-corrected chi connectivity index (χ0v) is 17.7. The lowest BCUT2D eigenvalue weighted by Gasteiger charge is -2.09. The molecule has 0 aliphatic heterocycles. The lowest BCUT2D eigenvalue weighted by atomic mass is 10.1. The predicted octanol–water partition coefficient (Wildman–Crippen LogP) is 0.591. The van der Waals surface area contributed by atoms with E-state index in [0.717, 1.165) is 0 Å². The van der Waals surface area contributed by atoms with Crippen LogP contribution >= 0.6 is 12.2 Å². The minimum absolute atomic E-state index is 0.0456. The van der Waals surface area contributed by atoms with Gasteiger partial charge in [0.1, 0.15) is 0 Å². The van der Waals surface area contributed by atoms with Gasteiger partial charge < -0.3 is 11.1 Å². The van der Waals surface area contributed by atoms with Crippen LogP contribution in [0.5, 0.6) is 0 Å². The molecule has 1 aromatic heterocycles. The summed E-state index contributed by atoms with van der Waals surface area (Å²) in [5.74, 6) is 4.25. The van der Waals surface area contributed by atoms with Gasteiger partial charge in [0.2, 0.25) is 5.91 Å². The fraction of sp³-hybridized carbons (Fsp3) is 0.235. The van der Waals surface area contributed by atoms with Crippen LogP contribution in [0.1, 0.15) is 31.3 Å². The molecule has 0 atom stereocenters. The fourth-order valence-electron chi connectivity index (χ4n) is 1.94. The molecule has 1 aromatic carbocycles. The first kappa shape index (κ1) is 24.1. The number of nitrogens with two attached hydrogens (primary N) is 2. The number of nitrogens with one attached hydrogen (secondary N) is 2. The first-order chi connectivity index (χ1) is 13.5. The van der Waals surface area contributed by atoms with Gasteiger partial charge in [-0.1, -0.05) is 24.4 Å². The molecule has 1 heterocycles. The van der Waals surface area contributed by atoms with Gasteiger partial charge >= 0.3 is 0 Å². The molecule has 12 heteroatoms. The normalized spacial score (nSPS) is 10.5. The van der Waals surface area contributed by atoms with Crippen LogP contribution in [-0.2, 0) is 14.6 Å². The minimum atomic E-state index is -3.34. The summed E-state index contributed by atoms with van der Waals surface area (Å²) in [6.07, 6.45) is 1.40. The highest BCUT2D eigenvalue weighted by Gasteiger charge is 2.19. The predicted molar refractivity (Wildman–Crippen MR) is 113 cm³/mol. The highest BCUT2D eigenvalue weighted by Crippen LogP contribution is 2.22. The molecule has 0 saturated carbocycles. The van der Waals surface area contributed by atoms with Crippen LogP contribution in [0.25, 0.3) is 11.3 Å². The average Bonchev–Trinajstić information content (AvgIpc) is 2.68. The summed E-state index contributed by atoms with van der Waals surface area (Å²) in [7, 11) is -3.34. The number of anilines is 1.